The standard InChI is InChI=1S/C28H27ClN8OS/c1-17-23(9-4-19-15-31-35(3)16-19)39-28-25(17)26(20-5-7-21(29)8-6-20)32-22(27-34-33-18(2)37(27)28)14-24(38)36-12-10-30-11-13-36/h5-8,15-16,22,30H,10-14H2,1-3H3/t22-/m0/s1. The summed E-state index contributed by atoms with van der Waals surface area (Å²) in [6, 6.07) is 7.18. The van der Waals surface area contributed by atoms with Gasteiger partial charge in [0.05, 0.1) is 28.8 Å². The Bertz CT molecular complexity index is 1650. The Labute approximate surface area is 235 Å². The van der Waals surface area contributed by atoms with E-state index in [1.54, 1.807) is 22.2 Å². The molecule has 3 aromatic heterocycles. The normalized spacial score (nSPS) is 16.6. The van der Waals surface area contributed by atoms with Gasteiger partial charge in [-0.15, -0.1) is 21.5 Å². The van der Waals surface area contributed by atoms with Crippen LogP contribution < -0.4 is 5.32 Å². The molecule has 1 fully saturated rings. The van der Waals surface area contributed by atoms with Crippen LogP contribution in [0.5, 0.6) is 0 Å². The third-order valence-corrected chi connectivity index (χ3v) is 8.43. The van der Waals surface area contributed by atoms with E-state index in [9.17, 15) is 4.79 Å². The van der Waals surface area contributed by atoms with E-state index < -0.39 is 6.04 Å². The van der Waals surface area contributed by atoms with Crippen molar-refractivity contribution in [1.82, 2.24) is 34.8 Å². The number of aromatic nitrogens is 5. The number of benzene rings is 1. The van der Waals surface area contributed by atoms with Gasteiger partial charge in [-0.25, -0.2) is 0 Å². The third kappa shape index (κ3) is 4.89. The second kappa shape index (κ2) is 10.4. The van der Waals surface area contributed by atoms with Crippen molar-refractivity contribution in [2.45, 2.75) is 26.3 Å². The zero-order valence-electron chi connectivity index (χ0n) is 21.9. The fraction of sp³-hybridized carbons (Fsp3) is 0.321. The van der Waals surface area contributed by atoms with E-state index in [2.05, 4.69) is 39.4 Å². The van der Waals surface area contributed by atoms with Crippen LogP contribution in [0.2, 0.25) is 5.02 Å². The first kappa shape index (κ1) is 25.5. The van der Waals surface area contributed by atoms with Crippen LogP contribution in [-0.4, -0.2) is 67.2 Å². The minimum absolute atomic E-state index is 0.0675. The van der Waals surface area contributed by atoms with E-state index in [-0.39, 0.29) is 12.3 Å². The van der Waals surface area contributed by atoms with Crippen LogP contribution in [0.1, 0.15) is 51.2 Å². The van der Waals surface area contributed by atoms with Crippen molar-refractivity contribution in [3.05, 3.63) is 80.5 Å². The van der Waals surface area contributed by atoms with Crippen LogP contribution in [-0.2, 0) is 11.8 Å². The number of aryl methyl sites for hydroxylation is 2. The smallest absolute Gasteiger partial charge is 0.225 e. The zero-order valence-corrected chi connectivity index (χ0v) is 23.5. The van der Waals surface area contributed by atoms with E-state index in [0.717, 1.165) is 56.8 Å². The molecule has 0 bridgehead atoms. The molecule has 5 heterocycles. The summed E-state index contributed by atoms with van der Waals surface area (Å²) < 4.78 is 3.78. The van der Waals surface area contributed by atoms with Gasteiger partial charge in [0.25, 0.3) is 0 Å². The minimum Gasteiger partial charge on any atom is -0.340 e. The summed E-state index contributed by atoms with van der Waals surface area (Å²) in [6.07, 6.45) is 3.87. The second-order valence-electron chi connectivity index (χ2n) is 9.67. The quantitative estimate of drug-likeness (QED) is 0.389. The Morgan fingerprint density at radius 1 is 1.15 bits per heavy atom. The van der Waals surface area contributed by atoms with Crippen LogP contribution in [0.3, 0.4) is 0 Å². The van der Waals surface area contributed by atoms with Crippen LogP contribution in [0.25, 0.3) is 5.00 Å². The van der Waals surface area contributed by atoms with Crippen LogP contribution in [0, 0.1) is 25.7 Å². The van der Waals surface area contributed by atoms with Gasteiger partial charge in [-0.2, -0.15) is 5.10 Å². The Balaban J connectivity index is 1.50. The van der Waals surface area contributed by atoms with Crippen molar-refractivity contribution in [2.75, 3.05) is 26.2 Å². The number of hydrogen-bond donors (Lipinski definition) is 1. The molecular formula is C28H27ClN8OS. The zero-order chi connectivity index (χ0) is 27.1. The van der Waals surface area contributed by atoms with Gasteiger partial charge in [-0.3, -0.25) is 19.0 Å². The molecule has 0 unspecified atom stereocenters. The van der Waals surface area contributed by atoms with Gasteiger partial charge in [-0.05, 0) is 31.5 Å². The lowest BCUT2D eigenvalue weighted by atomic mass is 9.99. The SMILES string of the molecule is Cc1c(C#Cc2cnn(C)c2)sc2c1C(c1ccc(Cl)cc1)=N[C@@H](CC(=O)N1CCNCC1)c1nnc(C)n1-2. The molecule has 9 nitrogen and oxygen atoms in total. The maximum atomic E-state index is 13.4. The highest BCUT2D eigenvalue weighted by molar-refractivity contribution is 7.15. The summed E-state index contributed by atoms with van der Waals surface area (Å²) in [7, 11) is 1.87. The highest BCUT2D eigenvalue weighted by Crippen LogP contribution is 2.40. The van der Waals surface area contributed by atoms with Gasteiger partial charge in [0.1, 0.15) is 16.9 Å². The number of rotatable bonds is 3. The molecule has 1 amide bonds. The van der Waals surface area contributed by atoms with E-state index in [4.69, 9.17) is 16.6 Å². The molecule has 1 aromatic carbocycles. The van der Waals surface area contributed by atoms with Crippen molar-refractivity contribution in [3.8, 4) is 16.8 Å². The number of nitrogens with zero attached hydrogens (tertiary/aromatic N) is 7. The maximum absolute atomic E-state index is 13.4. The van der Waals surface area contributed by atoms with Crippen molar-refractivity contribution < 1.29 is 4.79 Å². The summed E-state index contributed by atoms with van der Waals surface area (Å²) in [6.45, 7) is 6.97. The minimum atomic E-state index is -0.483. The van der Waals surface area contributed by atoms with Crippen molar-refractivity contribution >= 4 is 34.6 Å². The Morgan fingerprint density at radius 3 is 2.64 bits per heavy atom. The Hall–Kier alpha value is -3.78. The molecule has 1 N–H and O–H groups in total. The Kier molecular flexibility index (Phi) is 6.81. The monoisotopic (exact) mass is 558 g/mol. The number of amides is 1. The predicted molar refractivity (Wildman–Crippen MR) is 152 cm³/mol. The van der Waals surface area contributed by atoms with Crippen molar-refractivity contribution in [2.24, 2.45) is 12.0 Å². The molecule has 2 aliphatic heterocycles. The van der Waals surface area contributed by atoms with Crippen molar-refractivity contribution in [3.63, 3.8) is 0 Å². The first-order valence-corrected chi connectivity index (χ1v) is 14.0. The van der Waals surface area contributed by atoms with Crippen LogP contribution in [0.4, 0.5) is 0 Å². The number of aliphatic imine (C=N–C) groups is 1. The average Bonchev–Trinajstić information content (AvgIpc) is 3.60. The van der Waals surface area contributed by atoms with E-state index in [1.165, 1.54) is 0 Å². The van der Waals surface area contributed by atoms with Crippen LogP contribution >= 0.6 is 22.9 Å². The summed E-state index contributed by atoms with van der Waals surface area (Å²) >= 11 is 7.82. The number of carbonyl (C=O) groups is 1. The summed E-state index contributed by atoms with van der Waals surface area (Å²) in [5.41, 5.74) is 4.56. The van der Waals surface area contributed by atoms with Gasteiger partial charge >= 0.3 is 0 Å². The predicted octanol–water partition coefficient (Wildman–Crippen LogP) is 3.45. The first-order valence-electron chi connectivity index (χ1n) is 12.8. The summed E-state index contributed by atoms with van der Waals surface area (Å²) in [4.78, 5) is 21.4. The molecule has 0 radical (unpaired) electrons. The number of piperazine rings is 1. The Morgan fingerprint density at radius 2 is 1.92 bits per heavy atom. The number of carbonyl (C=O) groups excluding carboxylic acids is 1. The molecule has 0 spiro atoms. The highest BCUT2D eigenvalue weighted by Gasteiger charge is 2.33. The first-order chi connectivity index (χ1) is 18.9. The van der Waals surface area contributed by atoms with Crippen LogP contribution in [0.15, 0.2) is 41.7 Å². The molecule has 39 heavy (non-hydrogen) atoms. The summed E-state index contributed by atoms with van der Waals surface area (Å²) in [5.74, 6) is 8.06. The largest absolute Gasteiger partial charge is 0.340 e. The van der Waals surface area contributed by atoms with Gasteiger partial charge in [-0.1, -0.05) is 35.6 Å². The number of fused-ring (bicyclic) bond motifs is 3. The van der Waals surface area contributed by atoms with Gasteiger partial charge in [0, 0.05) is 55.6 Å². The molecule has 6 rings (SSSR count). The average molecular weight is 559 g/mol. The number of hydrogen-bond acceptors (Lipinski definition) is 7. The second-order valence-corrected chi connectivity index (χ2v) is 11.1. The molecule has 0 saturated carbocycles. The topological polar surface area (TPSA) is 93.2 Å². The van der Waals surface area contributed by atoms with E-state index in [0.29, 0.717) is 23.9 Å². The highest BCUT2D eigenvalue weighted by atomic mass is 35.5. The fourth-order valence-electron chi connectivity index (χ4n) is 4.96. The molecule has 1 saturated heterocycles. The molecule has 2 aliphatic rings. The summed E-state index contributed by atoms with van der Waals surface area (Å²) in [5, 5.41) is 18.1. The third-order valence-electron chi connectivity index (χ3n) is 6.98. The maximum Gasteiger partial charge on any atom is 0.225 e. The molecule has 0 aliphatic carbocycles. The van der Waals surface area contributed by atoms with Gasteiger partial charge < -0.3 is 10.2 Å². The fourth-order valence-corrected chi connectivity index (χ4v) is 6.31. The molecule has 1 atom stereocenters. The lowest BCUT2D eigenvalue weighted by molar-refractivity contribution is -0.132. The molecule has 198 valence electrons. The van der Waals surface area contributed by atoms with Gasteiger partial charge in [0.15, 0.2) is 5.82 Å². The van der Waals surface area contributed by atoms with Gasteiger partial charge in [0.2, 0.25) is 5.91 Å². The number of halogens is 1. The lowest BCUT2D eigenvalue weighted by Gasteiger charge is -2.28. The van der Waals surface area contributed by atoms with E-state index >= 15 is 0 Å². The molecular weight excluding hydrogens is 532 g/mol. The number of thiophene rings is 1. The molecule has 11 heteroatoms. The molecule has 4 aromatic rings. The lowest BCUT2D eigenvalue weighted by Crippen LogP contribution is -2.46. The van der Waals surface area contributed by atoms with Crippen molar-refractivity contribution in [1.29, 1.82) is 0 Å². The number of nitrogens with one attached hydrogen (secondary N) is 1. The van der Waals surface area contributed by atoms with E-state index in [1.807, 2.05) is 53.9 Å².